The summed E-state index contributed by atoms with van der Waals surface area (Å²) in [5.41, 5.74) is 2.28. The van der Waals surface area contributed by atoms with Crippen molar-refractivity contribution in [1.29, 1.82) is 0 Å². The lowest BCUT2D eigenvalue weighted by Gasteiger charge is -2.27. The second-order valence-corrected chi connectivity index (χ2v) is 6.37. The first-order chi connectivity index (χ1) is 9.61. The molecule has 1 aliphatic heterocycles. The lowest BCUT2D eigenvalue weighted by Crippen LogP contribution is -2.27. The summed E-state index contributed by atoms with van der Waals surface area (Å²) in [4.78, 5) is 8.86. The van der Waals surface area contributed by atoms with Crippen molar-refractivity contribution in [2.45, 2.75) is 33.4 Å². The van der Waals surface area contributed by atoms with E-state index in [-0.39, 0.29) is 17.1 Å². The molecule has 8 heteroatoms. The third-order valence-corrected chi connectivity index (χ3v) is 3.85. The smallest absolute Gasteiger partial charge is 0.356 e. The Morgan fingerprint density at radius 2 is 1.95 bits per heavy atom. The van der Waals surface area contributed by atoms with E-state index in [4.69, 9.17) is 5.84 Å². The van der Waals surface area contributed by atoms with Crippen molar-refractivity contribution in [3.05, 3.63) is 11.9 Å². The second-order valence-electron chi connectivity index (χ2n) is 6.37. The zero-order chi connectivity index (χ0) is 15.8. The van der Waals surface area contributed by atoms with Gasteiger partial charge in [-0.2, -0.15) is 13.2 Å². The summed E-state index contributed by atoms with van der Waals surface area (Å²) in [6.07, 6.45) is -3.66. The minimum Gasteiger partial charge on any atom is -0.356 e. The third-order valence-electron chi connectivity index (χ3n) is 3.85. The summed E-state index contributed by atoms with van der Waals surface area (Å²) in [6, 6.07) is 1.44. The predicted molar refractivity (Wildman–Crippen MR) is 74.6 cm³/mol. The number of aromatic nitrogens is 2. The number of nitrogens with two attached hydrogens (primary N) is 1. The van der Waals surface area contributed by atoms with Gasteiger partial charge in [0.15, 0.2) is 0 Å². The Morgan fingerprint density at radius 3 is 2.43 bits per heavy atom. The van der Waals surface area contributed by atoms with Crippen LogP contribution < -0.4 is 16.2 Å². The van der Waals surface area contributed by atoms with Crippen LogP contribution >= 0.6 is 0 Å². The van der Waals surface area contributed by atoms with Crippen LogP contribution in [0, 0.1) is 11.3 Å². The molecule has 1 fully saturated rings. The minimum atomic E-state index is -4.59. The van der Waals surface area contributed by atoms with Gasteiger partial charge in [0.2, 0.25) is 5.82 Å². The molecule has 0 amide bonds. The van der Waals surface area contributed by atoms with Gasteiger partial charge in [-0.1, -0.05) is 20.8 Å². The van der Waals surface area contributed by atoms with Crippen molar-refractivity contribution < 1.29 is 13.2 Å². The van der Waals surface area contributed by atoms with Gasteiger partial charge in [-0.05, 0) is 17.8 Å². The third kappa shape index (κ3) is 3.55. The van der Waals surface area contributed by atoms with Crippen LogP contribution in [0.4, 0.5) is 24.8 Å². The van der Waals surface area contributed by atoms with E-state index in [2.05, 4.69) is 36.2 Å². The Balaban J connectivity index is 2.28. The average molecular weight is 303 g/mol. The fourth-order valence-electron chi connectivity index (χ4n) is 2.47. The number of halogens is 3. The summed E-state index contributed by atoms with van der Waals surface area (Å²) < 4.78 is 38.5. The minimum absolute atomic E-state index is 0.0356. The highest BCUT2D eigenvalue weighted by Crippen LogP contribution is 2.36. The Hall–Kier alpha value is -1.57. The van der Waals surface area contributed by atoms with E-state index in [1.54, 1.807) is 0 Å². The number of rotatable bonds is 2. The summed E-state index contributed by atoms with van der Waals surface area (Å²) in [6.45, 7) is 7.77. The lowest BCUT2D eigenvalue weighted by atomic mass is 9.80. The molecule has 0 bridgehead atoms. The highest BCUT2D eigenvalue weighted by molar-refractivity contribution is 5.49. The van der Waals surface area contributed by atoms with Gasteiger partial charge in [-0.15, -0.1) is 0 Å². The van der Waals surface area contributed by atoms with Crippen molar-refractivity contribution >= 4 is 11.6 Å². The molecule has 0 spiro atoms. The quantitative estimate of drug-likeness (QED) is 0.649. The van der Waals surface area contributed by atoms with Crippen LogP contribution in [-0.2, 0) is 6.18 Å². The van der Waals surface area contributed by atoms with Gasteiger partial charge in [0.1, 0.15) is 11.6 Å². The van der Waals surface area contributed by atoms with Crippen molar-refractivity contribution in [2.24, 2.45) is 17.2 Å². The molecular weight excluding hydrogens is 283 g/mol. The van der Waals surface area contributed by atoms with Crippen molar-refractivity contribution in [3.8, 4) is 0 Å². The van der Waals surface area contributed by atoms with E-state index >= 15 is 0 Å². The highest BCUT2D eigenvalue weighted by atomic mass is 19.4. The molecule has 0 aliphatic carbocycles. The van der Waals surface area contributed by atoms with Gasteiger partial charge < -0.3 is 10.3 Å². The Morgan fingerprint density at radius 1 is 1.29 bits per heavy atom. The fourth-order valence-corrected chi connectivity index (χ4v) is 2.47. The van der Waals surface area contributed by atoms with Crippen LogP contribution in [0.2, 0.25) is 0 Å². The topological polar surface area (TPSA) is 67.1 Å². The molecule has 1 aromatic heterocycles. The van der Waals surface area contributed by atoms with Gasteiger partial charge >= 0.3 is 6.18 Å². The number of anilines is 2. The Kier molecular flexibility index (Phi) is 4.01. The number of hydrazine groups is 1. The Labute approximate surface area is 121 Å². The van der Waals surface area contributed by atoms with E-state index in [1.165, 1.54) is 6.07 Å². The molecule has 1 saturated heterocycles. The van der Waals surface area contributed by atoms with Gasteiger partial charge in [0, 0.05) is 19.2 Å². The Bertz CT molecular complexity index is 510. The molecule has 1 aliphatic rings. The zero-order valence-corrected chi connectivity index (χ0v) is 12.3. The van der Waals surface area contributed by atoms with Crippen molar-refractivity contribution in [1.82, 2.24) is 9.97 Å². The van der Waals surface area contributed by atoms with E-state index in [9.17, 15) is 13.2 Å². The van der Waals surface area contributed by atoms with E-state index in [0.717, 1.165) is 6.42 Å². The summed E-state index contributed by atoms with van der Waals surface area (Å²) in [5, 5.41) is 0. The summed E-state index contributed by atoms with van der Waals surface area (Å²) in [5.74, 6) is 4.66. The van der Waals surface area contributed by atoms with Crippen molar-refractivity contribution in [3.63, 3.8) is 0 Å². The van der Waals surface area contributed by atoms with Crippen LogP contribution in [0.1, 0.15) is 33.0 Å². The van der Waals surface area contributed by atoms with Crippen molar-refractivity contribution in [2.75, 3.05) is 23.4 Å². The molecule has 0 aromatic carbocycles. The molecule has 5 nitrogen and oxygen atoms in total. The highest BCUT2D eigenvalue weighted by Gasteiger charge is 2.37. The summed E-state index contributed by atoms with van der Waals surface area (Å²) >= 11 is 0. The van der Waals surface area contributed by atoms with Gasteiger partial charge in [-0.3, -0.25) is 0 Å². The van der Waals surface area contributed by atoms with Crippen LogP contribution in [0.5, 0.6) is 0 Å². The number of hydrogen-bond donors (Lipinski definition) is 2. The van der Waals surface area contributed by atoms with Gasteiger partial charge in [0.05, 0.1) is 0 Å². The second kappa shape index (κ2) is 5.32. The lowest BCUT2D eigenvalue weighted by molar-refractivity contribution is -0.144. The molecule has 1 aromatic rings. The van der Waals surface area contributed by atoms with E-state index in [1.807, 2.05) is 4.90 Å². The SMILES string of the molecule is CC(C)(C)C1CCN(c2cc(NN)nc(C(F)(F)F)n2)C1. The van der Waals surface area contributed by atoms with Crippen LogP contribution in [0.25, 0.3) is 0 Å². The summed E-state index contributed by atoms with van der Waals surface area (Å²) in [7, 11) is 0. The van der Waals surface area contributed by atoms with E-state index < -0.39 is 12.0 Å². The predicted octanol–water partition coefficient (Wildman–Crippen LogP) is 2.65. The fraction of sp³-hybridized carbons (Fsp3) is 0.692. The maximum atomic E-state index is 12.8. The molecule has 21 heavy (non-hydrogen) atoms. The monoisotopic (exact) mass is 303 g/mol. The maximum Gasteiger partial charge on any atom is 0.451 e. The average Bonchev–Trinajstić information content (AvgIpc) is 2.86. The van der Waals surface area contributed by atoms with Gasteiger partial charge in [-0.25, -0.2) is 15.8 Å². The molecule has 2 heterocycles. The molecule has 0 saturated carbocycles. The van der Waals surface area contributed by atoms with E-state index in [0.29, 0.717) is 19.0 Å². The maximum absolute atomic E-state index is 12.8. The van der Waals surface area contributed by atoms with Crippen LogP contribution in [0.3, 0.4) is 0 Å². The first-order valence-electron chi connectivity index (χ1n) is 6.79. The number of nitrogens with one attached hydrogen (secondary N) is 1. The molecule has 1 atom stereocenters. The molecular formula is C13H20F3N5. The number of nitrogens with zero attached hydrogens (tertiary/aromatic N) is 3. The van der Waals surface area contributed by atoms with Crippen LogP contribution in [0.15, 0.2) is 6.07 Å². The molecule has 118 valence electrons. The largest absolute Gasteiger partial charge is 0.451 e. The normalized spacial score (nSPS) is 20.0. The van der Waals surface area contributed by atoms with Crippen LogP contribution in [-0.4, -0.2) is 23.1 Å². The molecule has 3 N–H and O–H groups in total. The number of nitrogen functional groups attached to an aromatic ring is 1. The first-order valence-corrected chi connectivity index (χ1v) is 6.79. The number of alkyl halides is 3. The molecule has 1 unspecified atom stereocenters. The van der Waals surface area contributed by atoms with Gasteiger partial charge in [0.25, 0.3) is 0 Å². The standard InChI is InChI=1S/C13H20F3N5/c1-12(2,3)8-4-5-21(7-8)10-6-9(20-17)18-11(19-10)13(14,15)16/h6,8H,4-5,7,17H2,1-3H3,(H,18,19,20). The number of hydrogen-bond acceptors (Lipinski definition) is 5. The molecule has 0 radical (unpaired) electrons. The zero-order valence-electron chi connectivity index (χ0n) is 12.3. The molecule has 2 rings (SSSR count). The first kappa shape index (κ1) is 15.8.